The van der Waals surface area contributed by atoms with Gasteiger partial charge < -0.3 is 10.4 Å². The zero-order valence-corrected chi connectivity index (χ0v) is 15.5. The summed E-state index contributed by atoms with van der Waals surface area (Å²) in [5.41, 5.74) is 2.97. The first-order valence-corrected chi connectivity index (χ1v) is 8.62. The molecule has 0 amide bonds. The van der Waals surface area contributed by atoms with Crippen LogP contribution in [0.15, 0.2) is 42.5 Å². The summed E-state index contributed by atoms with van der Waals surface area (Å²) in [6.45, 7) is 5.53. The van der Waals surface area contributed by atoms with E-state index in [1.807, 2.05) is 51.1 Å². The van der Waals surface area contributed by atoms with Crippen LogP contribution < -0.4 is 5.32 Å². The molecule has 0 aliphatic rings. The third-order valence-electron chi connectivity index (χ3n) is 4.19. The summed E-state index contributed by atoms with van der Waals surface area (Å²) >= 11 is 4.04. The van der Waals surface area contributed by atoms with E-state index in [0.717, 1.165) is 11.1 Å². The Hall–Kier alpha value is -2.29. The maximum atomic E-state index is 11.9. The van der Waals surface area contributed by atoms with Crippen LogP contribution in [0.4, 0.5) is 5.69 Å². The maximum Gasteiger partial charge on any atom is 0.172 e. The van der Waals surface area contributed by atoms with Gasteiger partial charge in [0.1, 0.15) is 0 Å². The van der Waals surface area contributed by atoms with Crippen LogP contribution in [-0.2, 0) is 5.41 Å². The Morgan fingerprint density at radius 3 is 2.68 bits per heavy atom. The Morgan fingerprint density at radius 1 is 1.32 bits per heavy atom. The predicted molar refractivity (Wildman–Crippen MR) is 103 cm³/mol. The molecule has 2 aromatic carbocycles. The second-order valence-corrected chi connectivity index (χ2v) is 6.84. The van der Waals surface area contributed by atoms with Gasteiger partial charge in [0.15, 0.2) is 12.0 Å². The second-order valence-electron chi connectivity index (χ2n) is 6.52. The molecule has 0 fully saturated rings. The first-order chi connectivity index (χ1) is 11.8. The van der Waals surface area contributed by atoms with Crippen LogP contribution in [0.1, 0.15) is 47.1 Å². The highest BCUT2D eigenvalue weighted by molar-refractivity contribution is 7.81. The van der Waals surface area contributed by atoms with Gasteiger partial charge in [0, 0.05) is 16.8 Å². The van der Waals surface area contributed by atoms with Crippen LogP contribution in [-0.4, -0.2) is 16.6 Å². The van der Waals surface area contributed by atoms with Crippen molar-refractivity contribution in [1.29, 1.82) is 5.26 Å². The highest BCUT2D eigenvalue weighted by Gasteiger charge is 2.21. The predicted octanol–water partition coefficient (Wildman–Crippen LogP) is 4.01. The minimum Gasteiger partial charge on any atom is -0.369 e. The quantitative estimate of drug-likeness (QED) is 0.416. The number of aliphatic hydroxyl groups is 1. The summed E-state index contributed by atoms with van der Waals surface area (Å²) in [6.07, 6.45) is -0.948. The molecule has 0 aromatic heterocycles. The zero-order chi connectivity index (χ0) is 18.6. The lowest BCUT2D eigenvalue weighted by molar-refractivity contribution is 0.102. The fourth-order valence-corrected chi connectivity index (χ4v) is 2.67. The van der Waals surface area contributed by atoms with Gasteiger partial charge in [-0.05, 0) is 50.1 Å². The topological polar surface area (TPSA) is 73.1 Å². The van der Waals surface area contributed by atoms with E-state index >= 15 is 0 Å². The largest absolute Gasteiger partial charge is 0.369 e. The molecule has 1 atom stereocenters. The molecule has 0 bridgehead atoms. The number of rotatable bonds is 6. The Morgan fingerprint density at radius 2 is 2.04 bits per heavy atom. The first-order valence-electron chi connectivity index (χ1n) is 7.99. The number of nitrogens with one attached hydrogen (secondary N) is 1. The first kappa shape index (κ1) is 19.0. The van der Waals surface area contributed by atoms with Gasteiger partial charge >= 0.3 is 0 Å². The number of Topliss-reactive ketones (excluding diaryl/α,β-unsaturated/α-hetero) is 1. The van der Waals surface area contributed by atoms with Crippen LogP contribution in [0, 0.1) is 18.3 Å². The number of aliphatic hydroxyl groups excluding tert-OH is 1. The van der Waals surface area contributed by atoms with Gasteiger partial charge in [0.05, 0.1) is 17.2 Å². The van der Waals surface area contributed by atoms with Crippen molar-refractivity contribution in [3.63, 3.8) is 0 Å². The number of carbonyl (C=O) groups excluding carboxylic acids is 1. The summed E-state index contributed by atoms with van der Waals surface area (Å²) in [7, 11) is 0. The lowest BCUT2D eigenvalue weighted by atomic mass is 9.85. The normalized spacial score (nSPS) is 12.3. The molecule has 0 saturated heterocycles. The number of nitriles is 1. The van der Waals surface area contributed by atoms with E-state index in [1.165, 1.54) is 0 Å². The third kappa shape index (κ3) is 4.41. The zero-order valence-electron chi connectivity index (χ0n) is 14.6. The molecule has 25 heavy (non-hydrogen) atoms. The number of aryl methyl sites for hydroxylation is 1. The van der Waals surface area contributed by atoms with Crippen molar-refractivity contribution >= 4 is 24.1 Å². The van der Waals surface area contributed by atoms with Gasteiger partial charge in [-0.2, -0.15) is 17.9 Å². The van der Waals surface area contributed by atoms with E-state index in [2.05, 4.69) is 24.0 Å². The van der Waals surface area contributed by atoms with Gasteiger partial charge in [-0.1, -0.05) is 24.3 Å². The average molecular weight is 354 g/mol. The monoisotopic (exact) mass is 354 g/mol. The van der Waals surface area contributed by atoms with Gasteiger partial charge in [0.25, 0.3) is 0 Å². The van der Waals surface area contributed by atoms with Crippen LogP contribution in [0.25, 0.3) is 0 Å². The van der Waals surface area contributed by atoms with E-state index in [-0.39, 0.29) is 11.5 Å². The molecule has 0 heterocycles. The molecule has 0 aliphatic heterocycles. The maximum absolute atomic E-state index is 11.9. The summed E-state index contributed by atoms with van der Waals surface area (Å²) in [5.74, 6) is 0.0785. The van der Waals surface area contributed by atoms with Gasteiger partial charge in [-0.3, -0.25) is 4.79 Å². The summed E-state index contributed by atoms with van der Waals surface area (Å²) < 4.78 is 0. The van der Waals surface area contributed by atoms with Crippen molar-refractivity contribution in [2.45, 2.75) is 32.4 Å². The van der Waals surface area contributed by atoms with Gasteiger partial charge in [-0.15, -0.1) is 0 Å². The van der Waals surface area contributed by atoms with Crippen LogP contribution in [0.2, 0.25) is 0 Å². The van der Waals surface area contributed by atoms with Crippen molar-refractivity contribution in [3.05, 3.63) is 64.7 Å². The number of hydrogen-bond donors (Lipinski definition) is 3. The second kappa shape index (κ2) is 7.73. The standard InChI is InChI=1S/C20H22N2O2S/c1-13-7-8-16(10-17(13)18(23)11-25)22-19(24)14-5-4-6-15(9-14)20(2,3)12-21/h4-10,19,22,24-25H,11H2,1-3H3. The van der Waals surface area contributed by atoms with Crippen molar-refractivity contribution in [3.8, 4) is 6.07 Å². The molecule has 2 rings (SSSR count). The van der Waals surface area contributed by atoms with Crippen molar-refractivity contribution in [2.75, 3.05) is 11.1 Å². The van der Waals surface area contributed by atoms with Crippen molar-refractivity contribution < 1.29 is 9.90 Å². The number of carbonyl (C=O) groups is 1. The fourth-order valence-electron chi connectivity index (χ4n) is 2.50. The Balaban J connectivity index is 2.26. The van der Waals surface area contributed by atoms with E-state index < -0.39 is 11.6 Å². The molecular weight excluding hydrogens is 332 g/mol. The number of nitrogens with zero attached hydrogens (tertiary/aromatic N) is 1. The average Bonchev–Trinajstić information content (AvgIpc) is 2.62. The summed E-state index contributed by atoms with van der Waals surface area (Å²) in [4.78, 5) is 11.9. The van der Waals surface area contributed by atoms with Gasteiger partial charge in [0.2, 0.25) is 0 Å². The third-order valence-corrected chi connectivity index (χ3v) is 4.48. The molecule has 0 radical (unpaired) electrons. The molecular formula is C20H22N2O2S. The van der Waals surface area contributed by atoms with E-state index in [4.69, 9.17) is 0 Å². The molecule has 0 aliphatic carbocycles. The highest BCUT2D eigenvalue weighted by atomic mass is 32.1. The number of anilines is 1. The Kier molecular flexibility index (Phi) is 5.89. The molecule has 0 saturated carbocycles. The van der Waals surface area contributed by atoms with Crippen LogP contribution in [0.5, 0.6) is 0 Å². The van der Waals surface area contributed by atoms with E-state index in [1.54, 1.807) is 12.1 Å². The summed E-state index contributed by atoms with van der Waals surface area (Å²) in [6, 6.07) is 14.9. The molecule has 4 nitrogen and oxygen atoms in total. The lowest BCUT2D eigenvalue weighted by Crippen LogP contribution is -2.16. The molecule has 130 valence electrons. The SMILES string of the molecule is Cc1ccc(NC(O)c2cccc(C(C)(C)C#N)c2)cc1C(=O)CS. The molecule has 0 spiro atoms. The van der Waals surface area contributed by atoms with Gasteiger partial charge in [-0.25, -0.2) is 0 Å². The van der Waals surface area contributed by atoms with Crippen LogP contribution in [0.3, 0.4) is 0 Å². The number of thiol groups is 1. The number of hydrogen-bond acceptors (Lipinski definition) is 5. The Labute approximate surface area is 153 Å². The van der Waals surface area contributed by atoms with Crippen molar-refractivity contribution in [1.82, 2.24) is 0 Å². The molecule has 2 aromatic rings. The number of ketones is 1. The van der Waals surface area contributed by atoms with Crippen molar-refractivity contribution in [2.24, 2.45) is 0 Å². The van der Waals surface area contributed by atoms with E-state index in [9.17, 15) is 15.2 Å². The minimum absolute atomic E-state index is 0.0586. The number of benzene rings is 2. The molecule has 5 heteroatoms. The molecule has 2 N–H and O–H groups in total. The molecule has 1 unspecified atom stereocenters. The highest BCUT2D eigenvalue weighted by Crippen LogP contribution is 2.26. The Bertz CT molecular complexity index is 825. The fraction of sp³-hybridized carbons (Fsp3) is 0.300. The van der Waals surface area contributed by atoms with E-state index in [0.29, 0.717) is 16.8 Å². The van der Waals surface area contributed by atoms with Crippen LogP contribution >= 0.6 is 12.6 Å². The smallest absolute Gasteiger partial charge is 0.172 e. The minimum atomic E-state index is -0.948. The summed E-state index contributed by atoms with van der Waals surface area (Å²) in [5, 5.41) is 22.8. The lowest BCUT2D eigenvalue weighted by Gasteiger charge is -2.20.